The third kappa shape index (κ3) is 341. The highest BCUT2D eigenvalue weighted by atomic mass is 15.1. The number of rotatable bonds is 0. The minimum Gasteiger partial charge on any atom is -0.351 e. The van der Waals surface area contributed by atoms with E-state index < -0.39 is 0 Å². The normalized spacial score (nSPS) is 7.49. The lowest BCUT2D eigenvalue weighted by Crippen LogP contribution is -1.75. The number of hydrogen-bond acceptors (Lipinski definition) is 11. The Kier molecular flexibility index (Phi) is 184. The molecule has 12 nitrogen and oxygen atoms in total. The SMILES string of the molecule is CC.CC.CC.CC.CC.CC.CC.CC(C)C.CC(C)C.CC(C)C.CC(C)C.CC(C)C.CC(C)C.CC(C)C.c1c[nH]cn1.c1ccccc1.c1ccncc1.c1ccnnc1.c1cnccn1.c1cncnc1.c1cnncn1. The van der Waals surface area contributed by atoms with Gasteiger partial charge < -0.3 is 4.98 Å². The van der Waals surface area contributed by atoms with Gasteiger partial charge in [0.25, 0.3) is 0 Å². The molecule has 0 aliphatic rings. The Morgan fingerprint density at radius 2 is 0.410 bits per heavy atom. The lowest BCUT2D eigenvalue weighted by atomic mass is 10.3. The molecule has 0 aliphatic heterocycles. The van der Waals surface area contributed by atoms with Gasteiger partial charge in [-0.3, -0.25) is 15.0 Å². The fourth-order valence-electron chi connectivity index (χ4n) is 1.88. The smallest absolute Gasteiger partial charge is 0.138 e. The lowest BCUT2D eigenvalue weighted by molar-refractivity contribution is 0.736. The Bertz CT molecular complexity index is 1150. The van der Waals surface area contributed by atoms with E-state index in [9.17, 15) is 0 Å². The topological polar surface area (TPSA) is 158 Å². The zero-order chi connectivity index (χ0) is 68.0. The van der Waals surface area contributed by atoms with Crippen molar-refractivity contribution in [1.82, 2.24) is 60.3 Å². The van der Waals surface area contributed by atoms with E-state index in [1.165, 1.54) is 18.9 Å². The van der Waals surface area contributed by atoms with E-state index in [0.717, 1.165) is 41.4 Å². The molecule has 0 aliphatic carbocycles. The molecule has 0 amide bonds. The molecule has 0 atom stereocenters. The summed E-state index contributed by atoms with van der Waals surface area (Å²) in [6.45, 7) is 73.5. The van der Waals surface area contributed by atoms with E-state index in [2.05, 4.69) is 206 Å². The van der Waals surface area contributed by atoms with Crippen molar-refractivity contribution in [2.24, 2.45) is 41.4 Å². The summed E-state index contributed by atoms with van der Waals surface area (Å²) in [6.07, 6.45) is 27.8. The van der Waals surface area contributed by atoms with Gasteiger partial charge in [-0.2, -0.15) is 15.3 Å². The second-order valence-electron chi connectivity index (χ2n) is 18.6. The molecule has 1 aromatic carbocycles. The van der Waals surface area contributed by atoms with Crippen LogP contribution in [0.3, 0.4) is 0 Å². The van der Waals surface area contributed by atoms with Crippen LogP contribution >= 0.6 is 0 Å². The van der Waals surface area contributed by atoms with Gasteiger partial charge in [-0.05, 0) is 71.8 Å². The van der Waals surface area contributed by atoms with Crippen LogP contribution in [0.15, 0.2) is 179 Å². The molecule has 12 heteroatoms. The third-order valence-electron chi connectivity index (χ3n) is 3.48. The van der Waals surface area contributed by atoms with Crippen LogP contribution in [0.2, 0.25) is 0 Å². The standard InChI is InChI=1S/C6H6.C5H5N.3C4H4N2.7C4H10.C3H3N3.C3H4N2.7C2H6/c2*1-2-4-6-5-3-1;1-2-6-4-3-5-1;1-2-5-4-6-3-1;1-2-4-6-5-3-1;7*1-4(2)3;1-2-5-6-3-4-1;1-2-5-3-4-1;7*1-2/h1-6H;1-5H;3*1-4H;7*4H,1-3H3;1-3H;1-3H,(H,4,5);7*1-2H3. The second kappa shape index (κ2) is 136. The number of aromatic amines is 1. The zero-order valence-electron chi connectivity index (χ0n) is 61.2. The molecule has 0 spiro atoms. The van der Waals surface area contributed by atoms with Crippen LogP contribution in [0.4, 0.5) is 0 Å². The molecule has 6 aromatic heterocycles. The first-order valence-corrected chi connectivity index (χ1v) is 31.1. The van der Waals surface area contributed by atoms with Crippen molar-refractivity contribution in [1.29, 1.82) is 0 Å². The molecule has 6 heterocycles. The summed E-state index contributed by atoms with van der Waals surface area (Å²) in [5.74, 6) is 5.83. The first-order valence-electron chi connectivity index (χ1n) is 31.1. The Morgan fingerprint density at radius 3 is 0.494 bits per heavy atom. The molecular formula is C71H142N12. The van der Waals surface area contributed by atoms with Gasteiger partial charge in [0.1, 0.15) is 12.7 Å². The molecule has 0 saturated carbocycles. The minimum absolute atomic E-state index is 0.833. The summed E-state index contributed by atoms with van der Waals surface area (Å²) in [4.78, 5) is 28.6. The molecular weight excluding hydrogens is 1020 g/mol. The third-order valence-corrected chi connectivity index (χ3v) is 3.48. The number of H-pyrrole nitrogens is 1. The lowest BCUT2D eigenvalue weighted by Gasteiger charge is -1.79. The summed E-state index contributed by atoms with van der Waals surface area (Å²) < 4.78 is 0. The molecule has 0 fully saturated rings. The fraction of sp³-hybridized carbons (Fsp3) is 0.592. The maximum absolute atomic E-state index is 3.78. The predicted octanol–water partition coefficient (Wildman–Crippen LogP) is 23.3. The first-order chi connectivity index (χ1) is 39.6. The quantitative estimate of drug-likeness (QED) is 0.154. The summed E-state index contributed by atoms with van der Waals surface area (Å²) >= 11 is 0. The number of nitrogens with zero attached hydrogens (tertiary/aromatic N) is 11. The minimum atomic E-state index is 0.833. The van der Waals surface area contributed by atoms with Gasteiger partial charge in [0.05, 0.1) is 12.5 Å². The molecule has 1 N–H and O–H groups in total. The summed E-state index contributed by atoms with van der Waals surface area (Å²) in [6, 6.07) is 23.1. The van der Waals surface area contributed by atoms with Crippen LogP contribution in [0, 0.1) is 41.4 Å². The van der Waals surface area contributed by atoms with Gasteiger partial charge in [-0.15, -0.1) is 5.10 Å². The maximum atomic E-state index is 3.78. The van der Waals surface area contributed by atoms with Crippen molar-refractivity contribution in [3.8, 4) is 0 Å². The van der Waals surface area contributed by atoms with Gasteiger partial charge in [0, 0.05) is 80.6 Å². The Hall–Kier alpha value is -6.17. The summed E-state index contributed by atoms with van der Waals surface area (Å²) in [7, 11) is 0. The van der Waals surface area contributed by atoms with Gasteiger partial charge >= 0.3 is 0 Å². The summed E-state index contributed by atoms with van der Waals surface area (Å²) in [5, 5.41) is 14.0. The largest absolute Gasteiger partial charge is 0.351 e. The van der Waals surface area contributed by atoms with Crippen LogP contribution in [0.1, 0.15) is 242 Å². The highest BCUT2D eigenvalue weighted by molar-refractivity contribution is 4.99. The molecule has 0 radical (unpaired) electrons. The number of nitrogens with one attached hydrogen (secondary N) is 1. The number of aromatic nitrogens is 12. The van der Waals surface area contributed by atoms with E-state index in [4.69, 9.17) is 0 Å². The van der Waals surface area contributed by atoms with Gasteiger partial charge in [-0.25, -0.2) is 19.9 Å². The predicted molar refractivity (Wildman–Crippen MR) is 378 cm³/mol. The monoisotopic (exact) mass is 1160 g/mol. The van der Waals surface area contributed by atoms with Gasteiger partial charge in [0.15, 0.2) is 0 Å². The average molecular weight is 1160 g/mol. The molecule has 0 bridgehead atoms. The van der Waals surface area contributed by atoms with Crippen molar-refractivity contribution in [3.05, 3.63) is 179 Å². The number of pyridine rings is 1. The van der Waals surface area contributed by atoms with Crippen molar-refractivity contribution in [2.75, 3.05) is 0 Å². The van der Waals surface area contributed by atoms with E-state index in [1.807, 2.05) is 164 Å². The van der Waals surface area contributed by atoms with Crippen molar-refractivity contribution in [2.45, 2.75) is 242 Å². The summed E-state index contributed by atoms with van der Waals surface area (Å²) in [5.41, 5.74) is 0. The number of imidazole rings is 1. The highest BCUT2D eigenvalue weighted by Gasteiger charge is 1.71. The van der Waals surface area contributed by atoms with E-state index >= 15 is 0 Å². The highest BCUT2D eigenvalue weighted by Crippen LogP contribution is 1.84. The Balaban J connectivity index is -0.0000000508. The molecule has 83 heavy (non-hydrogen) atoms. The average Bonchev–Trinajstić information content (AvgIpc) is 4.11. The van der Waals surface area contributed by atoms with Crippen molar-refractivity contribution < 1.29 is 0 Å². The molecule has 7 aromatic rings. The van der Waals surface area contributed by atoms with E-state index in [1.54, 1.807) is 93.0 Å². The van der Waals surface area contributed by atoms with Gasteiger partial charge in [-0.1, -0.05) is 285 Å². The molecule has 486 valence electrons. The Morgan fingerprint density at radius 1 is 0.193 bits per heavy atom. The van der Waals surface area contributed by atoms with E-state index in [0.29, 0.717) is 0 Å². The molecule has 0 unspecified atom stereocenters. The van der Waals surface area contributed by atoms with Crippen LogP contribution in [-0.2, 0) is 0 Å². The van der Waals surface area contributed by atoms with Crippen LogP contribution in [0.5, 0.6) is 0 Å². The van der Waals surface area contributed by atoms with Crippen molar-refractivity contribution >= 4 is 0 Å². The first kappa shape index (κ1) is 112. The number of hydrogen-bond donors (Lipinski definition) is 1. The van der Waals surface area contributed by atoms with Crippen LogP contribution in [-0.4, -0.2) is 60.3 Å². The van der Waals surface area contributed by atoms with Gasteiger partial charge in [0.2, 0.25) is 0 Å². The Labute approximate surface area is 520 Å². The molecule has 7 rings (SSSR count). The zero-order valence-corrected chi connectivity index (χ0v) is 61.2. The molecule has 0 saturated heterocycles. The van der Waals surface area contributed by atoms with Crippen molar-refractivity contribution in [3.63, 3.8) is 0 Å². The van der Waals surface area contributed by atoms with E-state index in [-0.39, 0.29) is 0 Å². The maximum Gasteiger partial charge on any atom is 0.138 e. The number of benzene rings is 1. The van der Waals surface area contributed by atoms with Crippen LogP contribution < -0.4 is 0 Å². The fourth-order valence-corrected chi connectivity index (χ4v) is 1.88. The second-order valence-corrected chi connectivity index (χ2v) is 18.6. The van der Waals surface area contributed by atoms with Crippen LogP contribution in [0.25, 0.3) is 0 Å².